The van der Waals surface area contributed by atoms with E-state index >= 15 is 14.4 Å². The van der Waals surface area contributed by atoms with Gasteiger partial charge in [-0.1, -0.05) is 77.9 Å². The molecule has 0 unspecified atom stereocenters. The number of para-hydroxylation sites is 2. The number of terminal acetylenes is 1. The Morgan fingerprint density at radius 2 is 1.16 bits per heavy atom. The number of aliphatic carboxylic acids is 1. The van der Waals surface area contributed by atoms with Crippen molar-refractivity contribution in [2.45, 2.75) is 211 Å². The zero-order valence-corrected chi connectivity index (χ0v) is 75.8. The van der Waals surface area contributed by atoms with E-state index in [2.05, 4.69) is 95.3 Å². The molecule has 42 nitrogen and oxygen atoms in total. The summed E-state index contributed by atoms with van der Waals surface area (Å²) >= 11 is 0.887. The Morgan fingerprint density at radius 1 is 0.623 bits per heavy atom. The van der Waals surface area contributed by atoms with Crippen molar-refractivity contribution in [3.63, 3.8) is 0 Å². The number of hydrogen-bond donors (Lipinski definition) is 20. The van der Waals surface area contributed by atoms with Crippen LogP contribution < -0.4 is 85.9 Å². The molecule has 4 heterocycles. The second kappa shape index (κ2) is 55.7. The average Bonchev–Trinajstić information content (AvgIpc) is 1.65. The predicted octanol–water partition coefficient (Wildman–Crippen LogP) is -2.68. The largest absolute Gasteiger partial charge is 0.481 e. The number of carboxylic acid groups (broad SMARTS) is 1. The molecule has 2 aromatic carbocycles. The van der Waals surface area contributed by atoms with Gasteiger partial charge in [-0.3, -0.25) is 76.7 Å². The van der Waals surface area contributed by atoms with E-state index in [0.29, 0.717) is 84.3 Å². The number of amides is 15. The summed E-state index contributed by atoms with van der Waals surface area (Å²) in [5, 5.41) is 58.4. The number of aliphatic hydroxyl groups is 1. The maximum Gasteiger partial charge on any atom is 0.305 e. The van der Waals surface area contributed by atoms with Gasteiger partial charge >= 0.3 is 5.97 Å². The molecule has 15 amide bonds. The number of imidazole rings is 1. The Labute approximate surface area is 758 Å². The van der Waals surface area contributed by atoms with Crippen LogP contribution in [-0.2, 0) is 122 Å². The summed E-state index contributed by atoms with van der Waals surface area (Å²) in [7, 11) is 1.75. The van der Waals surface area contributed by atoms with Crippen LogP contribution in [0.4, 0.5) is 0 Å². The number of thioether (sulfide) groups is 1. The van der Waals surface area contributed by atoms with Gasteiger partial charge in [-0.25, -0.2) is 4.98 Å². The van der Waals surface area contributed by atoms with Gasteiger partial charge in [0, 0.05) is 111 Å². The number of aromatic amines is 2. The summed E-state index contributed by atoms with van der Waals surface area (Å²) in [5.41, 5.74) is 14.3. The molecule has 1 aliphatic rings. The van der Waals surface area contributed by atoms with E-state index in [9.17, 15) is 72.5 Å². The molecule has 5 aromatic rings. The van der Waals surface area contributed by atoms with Crippen molar-refractivity contribution in [3.05, 3.63) is 90.3 Å². The number of benzene rings is 2. The number of unbranched alkanes of at least 4 members (excludes halogenated alkanes) is 1. The first-order chi connectivity index (χ1) is 61.9. The van der Waals surface area contributed by atoms with Gasteiger partial charge in [0.05, 0.1) is 84.3 Å². The van der Waals surface area contributed by atoms with Crippen LogP contribution in [0.25, 0.3) is 21.8 Å². The third-order valence-corrected chi connectivity index (χ3v) is 21.8. The molecule has 0 saturated carbocycles. The zero-order valence-electron chi connectivity index (χ0n) is 74.9. The first-order valence-electron chi connectivity index (χ1n) is 43.4. The van der Waals surface area contributed by atoms with Crippen molar-refractivity contribution in [2.75, 3.05) is 84.0 Å². The molecule has 0 radical (unpaired) electrons. The van der Waals surface area contributed by atoms with E-state index in [0.717, 1.165) is 11.8 Å². The number of nitrogens with zero attached hydrogens (tertiary/aromatic N) is 2. The van der Waals surface area contributed by atoms with Gasteiger partial charge in [-0.05, 0) is 92.7 Å². The standard InChI is InChI=1S/C87H128N20O22S/c1-11-12-13-22-70(109)91-26-28-126-30-32-128-34-35-129-33-31-127-29-27-92-71(110)24-23-61-81(119)101-64(38-50(4)5)85(123)105-74(51(6)7)87(125)103-66(40-55-46-107(10)69-21-17-15-19-58(55)69)83(121)104-68(86(124)106-75(53(9)108)76(89)114)47-130-36-25-62(98-78(116)59(88)42-73(112)113)80(118)96-52(8)77(115)99-65(39-54-43-93-60-20-16-14-18-57(54)60)82(120)102-67(41-56-44-90-48-95-56)84(122)100-63(37-49(2)3)79(117)94-45-72(111)97-61/h1,14-21,43-44,46,48-53,59,61-68,74-75,93,108H,12-13,22-42,45,47,88H2,2-10H3,(H2,89,114)(H,90,95)(H,91,109)(H,92,110)(H,94,117)(H,96,118)(H,97,111)(H,98,116)(H,99,115)(H,100,122)(H,101,119)(H,102,120)(H,103,125)(H,104,121)(H,105,123)(H,106,124)(H,112,113)/t52-,53+,59-,61-,62-,63-,64-,65-,66-,67-,68-,74-,75-/m0/s1. The minimum absolute atomic E-state index is 0.00179. The second-order valence-electron chi connectivity index (χ2n) is 32.8. The maximum atomic E-state index is 15.3. The highest BCUT2D eigenvalue weighted by Gasteiger charge is 2.39. The fourth-order valence-electron chi connectivity index (χ4n) is 13.8. The lowest BCUT2D eigenvalue weighted by molar-refractivity contribution is -0.140. The smallest absolute Gasteiger partial charge is 0.305 e. The highest BCUT2D eigenvalue weighted by atomic mass is 32.2. The van der Waals surface area contributed by atoms with Crippen molar-refractivity contribution < 1.29 is 106 Å². The van der Waals surface area contributed by atoms with Gasteiger partial charge in [0.15, 0.2) is 0 Å². The van der Waals surface area contributed by atoms with Crippen molar-refractivity contribution in [3.8, 4) is 12.3 Å². The van der Waals surface area contributed by atoms with Crippen molar-refractivity contribution in [2.24, 2.45) is 36.3 Å². The monoisotopic (exact) mass is 1840 g/mol. The molecular weight excluding hydrogens is 1710 g/mol. The average molecular weight is 1840 g/mol. The molecular formula is C87H128N20O22S. The van der Waals surface area contributed by atoms with Crippen LogP contribution in [0.3, 0.4) is 0 Å². The number of primary amides is 1. The van der Waals surface area contributed by atoms with Crippen molar-refractivity contribution in [1.29, 1.82) is 0 Å². The van der Waals surface area contributed by atoms with E-state index in [1.807, 2.05) is 6.07 Å². The molecule has 22 N–H and O–H groups in total. The first kappa shape index (κ1) is 107. The molecule has 0 aliphatic carbocycles. The molecule has 1 saturated heterocycles. The fraction of sp³-hybridized carbons (Fsp3) is 0.575. The van der Waals surface area contributed by atoms with Crippen LogP contribution in [-0.4, -0.2) is 287 Å². The summed E-state index contributed by atoms with van der Waals surface area (Å²) in [4.78, 5) is 237. The normalized spacial score (nSPS) is 21.1. The molecule has 714 valence electrons. The summed E-state index contributed by atoms with van der Waals surface area (Å²) < 4.78 is 24.0. The number of aromatic nitrogens is 4. The summed E-state index contributed by atoms with van der Waals surface area (Å²) in [6.07, 6.45) is 8.09. The van der Waals surface area contributed by atoms with Crippen LogP contribution in [0.5, 0.6) is 0 Å². The van der Waals surface area contributed by atoms with Gasteiger partial charge in [0.25, 0.3) is 0 Å². The minimum atomic E-state index is -1.74. The third kappa shape index (κ3) is 37.2. The van der Waals surface area contributed by atoms with Gasteiger partial charge in [0.1, 0.15) is 66.5 Å². The second-order valence-corrected chi connectivity index (χ2v) is 33.9. The Hall–Kier alpha value is -12.1. The number of fused-ring (bicyclic) bond motifs is 2. The number of carboxylic acids is 1. The molecule has 3 aromatic heterocycles. The summed E-state index contributed by atoms with van der Waals surface area (Å²) in [6.45, 7) is 13.9. The number of rotatable bonds is 40. The third-order valence-electron chi connectivity index (χ3n) is 20.7. The topological polar surface area (TPSA) is 620 Å². The van der Waals surface area contributed by atoms with Gasteiger partial charge < -0.3 is 130 Å². The van der Waals surface area contributed by atoms with Crippen LogP contribution in [0.2, 0.25) is 0 Å². The molecule has 43 heteroatoms. The number of ether oxygens (including phenoxy) is 4. The quantitative estimate of drug-likeness (QED) is 0.0140. The van der Waals surface area contributed by atoms with E-state index in [-0.39, 0.29) is 102 Å². The molecule has 6 rings (SSSR count). The molecule has 0 bridgehead atoms. The van der Waals surface area contributed by atoms with Crippen LogP contribution in [0, 0.1) is 30.1 Å². The van der Waals surface area contributed by atoms with Gasteiger partial charge in [-0.15, -0.1) is 12.3 Å². The predicted molar refractivity (Wildman–Crippen MR) is 479 cm³/mol. The van der Waals surface area contributed by atoms with Crippen LogP contribution in [0.15, 0.2) is 73.4 Å². The Kier molecular flexibility index (Phi) is 45.7. The summed E-state index contributed by atoms with van der Waals surface area (Å²) in [6, 6.07) is -5.01. The van der Waals surface area contributed by atoms with Gasteiger partial charge in [-0.2, -0.15) is 11.8 Å². The number of hydrogen-bond acceptors (Lipinski definition) is 24. The lowest BCUT2D eigenvalue weighted by Crippen LogP contribution is -2.61. The number of aryl methyl sites for hydroxylation is 1. The molecule has 1 fully saturated rings. The number of nitrogens with two attached hydrogens (primary N) is 2. The Balaban J connectivity index is 1.35. The van der Waals surface area contributed by atoms with E-state index in [1.165, 1.54) is 26.4 Å². The molecule has 0 spiro atoms. The Bertz CT molecular complexity index is 4650. The fourth-order valence-corrected chi connectivity index (χ4v) is 14.8. The zero-order chi connectivity index (χ0) is 95.5. The van der Waals surface area contributed by atoms with Crippen molar-refractivity contribution in [1.82, 2.24) is 94.0 Å². The van der Waals surface area contributed by atoms with E-state index < -0.39 is 205 Å². The summed E-state index contributed by atoms with van der Waals surface area (Å²) in [5.74, 6) is -14.8. The molecule has 1 aliphatic heterocycles. The highest BCUT2D eigenvalue weighted by molar-refractivity contribution is 7.99. The SMILES string of the molecule is C#CCCCC(=O)NCCOCCOCCOCCOCCNC(=O)CC[C@@H]1NC(=O)CNC(=O)[C@H](CC(C)C)NC(=O)[C@H](Cc2cnc[nH]2)NC(=O)[C@H](Cc2c[nH]c3ccccc23)NC(=O)[C@H](C)NC(=O)[C@@H](NC(=O)[C@@H](N)CC(=O)O)CCSC[C@@H](C(=O)N[C@H](C(N)=O)[C@@H](C)O)NC(=O)[C@H](Cc2cn(C)c3ccccc23)NC(=O)[C@H](C(C)C)NC(=O)[C@H](CC(C)C)NC1=O. The number of H-pyrrole nitrogens is 2. The highest BCUT2D eigenvalue weighted by Crippen LogP contribution is 2.24. The first-order valence-corrected chi connectivity index (χ1v) is 44.5. The van der Waals surface area contributed by atoms with Gasteiger partial charge in [0.2, 0.25) is 88.6 Å². The van der Waals surface area contributed by atoms with Crippen LogP contribution >= 0.6 is 11.8 Å². The number of carbonyl (C=O) groups excluding carboxylic acids is 15. The minimum Gasteiger partial charge on any atom is -0.481 e. The van der Waals surface area contributed by atoms with E-state index in [4.69, 9.17) is 36.8 Å². The number of aliphatic hydroxyl groups excluding tert-OH is 1. The van der Waals surface area contributed by atoms with E-state index in [1.54, 1.807) is 108 Å². The number of nitrogens with one attached hydrogen (secondary N) is 16. The Morgan fingerprint density at radius 3 is 1.75 bits per heavy atom. The van der Waals surface area contributed by atoms with Crippen molar-refractivity contribution >= 4 is 128 Å². The van der Waals surface area contributed by atoms with Crippen LogP contribution in [0.1, 0.15) is 130 Å². The lowest BCUT2D eigenvalue weighted by atomic mass is 9.98. The number of carbonyl (C=O) groups is 16. The molecule has 13 atom stereocenters. The maximum absolute atomic E-state index is 15.3. The molecule has 130 heavy (non-hydrogen) atoms. The lowest BCUT2D eigenvalue weighted by Gasteiger charge is -2.29.